The first-order chi connectivity index (χ1) is 13.7. The number of amides is 1. The predicted octanol–water partition coefficient (Wildman–Crippen LogP) is 5.30. The Bertz CT molecular complexity index is 1060. The zero-order valence-corrected chi connectivity index (χ0v) is 15.2. The summed E-state index contributed by atoms with van der Waals surface area (Å²) in [5, 5.41) is 5.48. The molecule has 0 fully saturated rings. The SMILES string of the molecule is CC(=O)c1cccc(NC(=O)c2cc(Nc3cccc(C(F)(F)F)c3)ccn2)c1. The Hall–Kier alpha value is -3.68. The number of aromatic nitrogens is 1. The Balaban J connectivity index is 1.76. The van der Waals surface area contributed by atoms with Crippen molar-refractivity contribution in [3.63, 3.8) is 0 Å². The first-order valence-corrected chi connectivity index (χ1v) is 8.55. The second kappa shape index (κ2) is 8.14. The van der Waals surface area contributed by atoms with E-state index in [-0.39, 0.29) is 17.2 Å². The number of alkyl halides is 3. The second-order valence-electron chi connectivity index (χ2n) is 6.22. The van der Waals surface area contributed by atoms with E-state index in [4.69, 9.17) is 0 Å². The number of carbonyl (C=O) groups is 2. The molecule has 3 aromatic rings. The third-order valence-electron chi connectivity index (χ3n) is 4.00. The Labute approximate surface area is 164 Å². The van der Waals surface area contributed by atoms with Gasteiger partial charge in [-0.1, -0.05) is 18.2 Å². The lowest BCUT2D eigenvalue weighted by atomic mass is 10.1. The van der Waals surface area contributed by atoms with E-state index < -0.39 is 17.6 Å². The Kier molecular flexibility index (Phi) is 5.63. The smallest absolute Gasteiger partial charge is 0.355 e. The molecule has 0 aliphatic rings. The van der Waals surface area contributed by atoms with Gasteiger partial charge in [-0.3, -0.25) is 14.6 Å². The second-order valence-corrected chi connectivity index (χ2v) is 6.22. The van der Waals surface area contributed by atoms with Crippen molar-refractivity contribution in [2.24, 2.45) is 0 Å². The summed E-state index contributed by atoms with van der Waals surface area (Å²) >= 11 is 0. The van der Waals surface area contributed by atoms with Crippen LogP contribution in [-0.2, 0) is 6.18 Å². The fourth-order valence-corrected chi connectivity index (χ4v) is 2.58. The van der Waals surface area contributed by atoms with Gasteiger partial charge in [-0.05, 0) is 49.4 Å². The molecule has 5 nitrogen and oxygen atoms in total. The van der Waals surface area contributed by atoms with Crippen LogP contribution in [-0.4, -0.2) is 16.7 Å². The molecule has 0 radical (unpaired) electrons. The lowest BCUT2D eigenvalue weighted by molar-refractivity contribution is -0.137. The summed E-state index contributed by atoms with van der Waals surface area (Å²) in [5.41, 5.74) is 0.806. The van der Waals surface area contributed by atoms with Crippen molar-refractivity contribution in [2.45, 2.75) is 13.1 Å². The average Bonchev–Trinajstić information content (AvgIpc) is 2.68. The standard InChI is InChI=1S/C21H16F3N3O2/c1-13(28)14-4-2-6-16(10-14)27-20(29)19-12-18(8-9-25-19)26-17-7-3-5-15(11-17)21(22,23)24/h2-12H,1H3,(H,25,26)(H,27,29). The third kappa shape index (κ3) is 5.19. The highest BCUT2D eigenvalue weighted by Crippen LogP contribution is 2.31. The van der Waals surface area contributed by atoms with Gasteiger partial charge in [-0.25, -0.2) is 0 Å². The van der Waals surface area contributed by atoms with Crippen LogP contribution in [0.1, 0.15) is 33.3 Å². The fraction of sp³-hybridized carbons (Fsp3) is 0.0952. The fourth-order valence-electron chi connectivity index (χ4n) is 2.58. The van der Waals surface area contributed by atoms with E-state index in [9.17, 15) is 22.8 Å². The van der Waals surface area contributed by atoms with Gasteiger partial charge in [-0.2, -0.15) is 13.2 Å². The molecule has 3 rings (SSSR count). The molecule has 1 aromatic heterocycles. The molecule has 1 heterocycles. The molecule has 0 aliphatic heterocycles. The molecule has 0 spiro atoms. The minimum absolute atomic E-state index is 0.0650. The minimum atomic E-state index is -4.45. The van der Waals surface area contributed by atoms with Gasteiger partial charge >= 0.3 is 6.18 Å². The summed E-state index contributed by atoms with van der Waals surface area (Å²) in [4.78, 5) is 27.9. The lowest BCUT2D eigenvalue weighted by Crippen LogP contribution is -2.14. The molecule has 0 aliphatic carbocycles. The summed E-state index contributed by atoms with van der Waals surface area (Å²) < 4.78 is 38.6. The van der Waals surface area contributed by atoms with Crippen LogP contribution in [0, 0.1) is 0 Å². The van der Waals surface area contributed by atoms with Crippen LogP contribution < -0.4 is 10.6 Å². The van der Waals surface area contributed by atoms with Gasteiger partial charge in [-0.15, -0.1) is 0 Å². The normalized spacial score (nSPS) is 11.0. The molecular weight excluding hydrogens is 383 g/mol. The van der Waals surface area contributed by atoms with Gasteiger partial charge in [0.2, 0.25) is 0 Å². The van der Waals surface area contributed by atoms with E-state index in [1.54, 1.807) is 24.3 Å². The largest absolute Gasteiger partial charge is 0.416 e. The van der Waals surface area contributed by atoms with Crippen molar-refractivity contribution in [2.75, 3.05) is 10.6 Å². The summed E-state index contributed by atoms with van der Waals surface area (Å²) in [6.45, 7) is 1.42. The van der Waals surface area contributed by atoms with Gasteiger partial charge in [0.1, 0.15) is 5.69 Å². The summed E-state index contributed by atoms with van der Waals surface area (Å²) in [7, 11) is 0. The molecule has 2 aromatic carbocycles. The molecule has 1 amide bonds. The summed E-state index contributed by atoms with van der Waals surface area (Å²) in [6, 6.07) is 14.2. The van der Waals surface area contributed by atoms with Crippen LogP contribution in [0.3, 0.4) is 0 Å². The molecule has 2 N–H and O–H groups in total. The van der Waals surface area contributed by atoms with E-state index in [0.29, 0.717) is 16.9 Å². The van der Waals surface area contributed by atoms with Crippen LogP contribution in [0.25, 0.3) is 0 Å². The van der Waals surface area contributed by atoms with Crippen molar-refractivity contribution >= 4 is 28.8 Å². The van der Waals surface area contributed by atoms with Gasteiger partial charge in [0.05, 0.1) is 5.56 Å². The lowest BCUT2D eigenvalue weighted by Gasteiger charge is -2.11. The molecule has 0 atom stereocenters. The monoisotopic (exact) mass is 399 g/mol. The molecule has 0 bridgehead atoms. The van der Waals surface area contributed by atoms with E-state index in [0.717, 1.165) is 12.1 Å². The predicted molar refractivity (Wildman–Crippen MR) is 103 cm³/mol. The van der Waals surface area contributed by atoms with Crippen LogP contribution in [0.2, 0.25) is 0 Å². The van der Waals surface area contributed by atoms with Crippen molar-refractivity contribution < 1.29 is 22.8 Å². The van der Waals surface area contributed by atoms with Gasteiger partial charge in [0.25, 0.3) is 5.91 Å². The number of benzene rings is 2. The molecule has 148 valence electrons. The molecule has 8 heteroatoms. The highest BCUT2D eigenvalue weighted by Gasteiger charge is 2.30. The molecule has 29 heavy (non-hydrogen) atoms. The summed E-state index contributed by atoms with van der Waals surface area (Å²) in [6.07, 6.45) is -3.08. The Morgan fingerprint density at radius 3 is 2.31 bits per heavy atom. The maximum Gasteiger partial charge on any atom is 0.416 e. The first-order valence-electron chi connectivity index (χ1n) is 8.55. The number of anilines is 3. The average molecular weight is 399 g/mol. The number of carbonyl (C=O) groups excluding carboxylic acids is 2. The van der Waals surface area contributed by atoms with Crippen molar-refractivity contribution in [3.8, 4) is 0 Å². The van der Waals surface area contributed by atoms with Crippen LogP contribution >= 0.6 is 0 Å². The quantitative estimate of drug-likeness (QED) is 0.571. The van der Waals surface area contributed by atoms with E-state index >= 15 is 0 Å². The number of nitrogens with one attached hydrogen (secondary N) is 2. The van der Waals surface area contributed by atoms with Crippen molar-refractivity contribution in [1.29, 1.82) is 0 Å². The van der Waals surface area contributed by atoms with Crippen LogP contribution in [0.15, 0.2) is 66.9 Å². The molecular formula is C21H16F3N3O2. The highest BCUT2D eigenvalue weighted by molar-refractivity contribution is 6.04. The maximum atomic E-state index is 12.9. The summed E-state index contributed by atoms with van der Waals surface area (Å²) in [5.74, 6) is -0.648. The minimum Gasteiger partial charge on any atom is -0.355 e. The molecule has 0 unspecified atom stereocenters. The zero-order valence-electron chi connectivity index (χ0n) is 15.2. The first kappa shape index (κ1) is 20.1. The third-order valence-corrected chi connectivity index (χ3v) is 4.00. The maximum absolute atomic E-state index is 12.9. The number of pyridine rings is 1. The number of rotatable bonds is 5. The Morgan fingerprint density at radius 1 is 0.897 bits per heavy atom. The number of halogens is 3. The van der Waals surface area contributed by atoms with Crippen LogP contribution in [0.5, 0.6) is 0 Å². The van der Waals surface area contributed by atoms with E-state index in [1.165, 1.54) is 37.4 Å². The zero-order chi connectivity index (χ0) is 21.0. The number of nitrogens with zero attached hydrogens (tertiary/aromatic N) is 1. The van der Waals surface area contributed by atoms with E-state index in [2.05, 4.69) is 15.6 Å². The van der Waals surface area contributed by atoms with Gasteiger partial charge in [0.15, 0.2) is 5.78 Å². The van der Waals surface area contributed by atoms with E-state index in [1.807, 2.05) is 0 Å². The molecule has 0 saturated carbocycles. The van der Waals surface area contributed by atoms with Crippen molar-refractivity contribution in [3.05, 3.63) is 83.7 Å². The number of Topliss-reactive ketones (excluding diaryl/α,β-unsaturated/α-hetero) is 1. The number of hydrogen-bond donors (Lipinski definition) is 2. The topological polar surface area (TPSA) is 71.1 Å². The van der Waals surface area contributed by atoms with Gasteiger partial charge in [0, 0.05) is 28.8 Å². The van der Waals surface area contributed by atoms with Gasteiger partial charge < -0.3 is 10.6 Å². The number of ketones is 1. The van der Waals surface area contributed by atoms with Crippen LogP contribution in [0.4, 0.5) is 30.2 Å². The number of hydrogen-bond acceptors (Lipinski definition) is 4. The highest BCUT2D eigenvalue weighted by atomic mass is 19.4. The Morgan fingerprint density at radius 2 is 1.59 bits per heavy atom. The molecule has 0 saturated heterocycles. The van der Waals surface area contributed by atoms with Crippen molar-refractivity contribution in [1.82, 2.24) is 4.98 Å².